The fraction of sp³-hybridized carbons (Fsp3) is 0.208. The highest BCUT2D eigenvalue weighted by Crippen LogP contribution is 2.31. The summed E-state index contributed by atoms with van der Waals surface area (Å²) >= 11 is 0. The maximum atomic E-state index is 13.1. The number of hydrogen-bond acceptors (Lipinski definition) is 4. The van der Waals surface area contributed by atoms with Gasteiger partial charge in [0.1, 0.15) is 0 Å². The first-order chi connectivity index (χ1) is 15.5. The topological polar surface area (TPSA) is 46.8 Å². The molecule has 1 aliphatic rings. The second-order valence-corrected chi connectivity index (χ2v) is 7.79. The van der Waals surface area contributed by atoms with Crippen LogP contribution in [0.15, 0.2) is 73.3 Å². The molecule has 0 amide bonds. The molecule has 8 heteroatoms. The Morgan fingerprint density at radius 2 is 1.91 bits per heavy atom. The van der Waals surface area contributed by atoms with Crippen LogP contribution >= 0.6 is 0 Å². The molecular weight excluding hydrogens is 415 g/mol. The van der Waals surface area contributed by atoms with Gasteiger partial charge in [0.2, 0.25) is 0 Å². The summed E-state index contributed by atoms with van der Waals surface area (Å²) in [6, 6.07) is 13.0. The maximum Gasteiger partial charge on any atom is 0.416 e. The molecule has 0 N–H and O–H groups in total. The molecule has 0 aliphatic carbocycles. The molecule has 1 aromatic carbocycles. The largest absolute Gasteiger partial charge is 0.416 e. The fourth-order valence-electron chi connectivity index (χ4n) is 4.00. The van der Waals surface area contributed by atoms with E-state index in [0.717, 1.165) is 41.5 Å². The molecule has 0 fully saturated rings. The number of pyridine rings is 1. The highest BCUT2D eigenvalue weighted by Gasteiger charge is 2.30. The van der Waals surface area contributed by atoms with Gasteiger partial charge in [0, 0.05) is 73.4 Å². The Labute approximate surface area is 183 Å². The minimum Gasteiger partial charge on any atom is -0.320 e. The zero-order chi connectivity index (χ0) is 22.1. The van der Waals surface area contributed by atoms with Gasteiger partial charge in [-0.3, -0.25) is 9.88 Å². The lowest BCUT2D eigenvalue weighted by atomic mass is 10.1. The second-order valence-electron chi connectivity index (χ2n) is 7.79. The lowest BCUT2D eigenvalue weighted by Gasteiger charge is -2.28. The molecule has 0 spiro atoms. The Morgan fingerprint density at radius 3 is 2.72 bits per heavy atom. The number of benzene rings is 1. The fourth-order valence-corrected chi connectivity index (χ4v) is 4.00. The molecule has 162 valence electrons. The molecule has 5 nitrogen and oxygen atoms in total. The third-order valence-corrected chi connectivity index (χ3v) is 5.60. The summed E-state index contributed by atoms with van der Waals surface area (Å²) in [5.41, 5.74) is 3.77. The van der Waals surface area contributed by atoms with Crippen LogP contribution in [-0.4, -0.2) is 31.0 Å². The van der Waals surface area contributed by atoms with Gasteiger partial charge < -0.3 is 4.57 Å². The standard InChI is InChI=1S/C24H20F3N5/c25-24(26,27)19-5-1-6-20(12-19)32-10-3-7-21(32)16-31-11-8-22-18(15-31)14-29-23(30-22)17-4-2-9-28-13-17/h1-7,9-10,12-14H,8,11,15-16H2. The molecule has 4 heterocycles. The number of nitrogens with zero attached hydrogens (tertiary/aromatic N) is 5. The number of aromatic nitrogens is 4. The van der Waals surface area contributed by atoms with Gasteiger partial charge in [-0.05, 0) is 42.5 Å². The van der Waals surface area contributed by atoms with Crippen molar-refractivity contribution >= 4 is 0 Å². The molecule has 0 unspecified atom stereocenters. The van der Waals surface area contributed by atoms with Crippen molar-refractivity contribution in [3.8, 4) is 17.1 Å². The van der Waals surface area contributed by atoms with E-state index in [1.165, 1.54) is 12.1 Å². The molecule has 0 saturated carbocycles. The van der Waals surface area contributed by atoms with E-state index in [1.807, 2.05) is 35.0 Å². The number of alkyl halides is 3. The molecule has 5 rings (SSSR count). The molecular formula is C24H20F3N5. The first-order valence-corrected chi connectivity index (χ1v) is 10.3. The summed E-state index contributed by atoms with van der Waals surface area (Å²) < 4.78 is 41.2. The van der Waals surface area contributed by atoms with E-state index in [2.05, 4.69) is 14.9 Å². The van der Waals surface area contributed by atoms with Crippen LogP contribution in [0.1, 0.15) is 22.5 Å². The quantitative estimate of drug-likeness (QED) is 0.457. The van der Waals surface area contributed by atoms with Gasteiger partial charge in [-0.2, -0.15) is 13.2 Å². The van der Waals surface area contributed by atoms with E-state index in [4.69, 9.17) is 4.98 Å². The summed E-state index contributed by atoms with van der Waals surface area (Å²) in [5.74, 6) is 0.670. The minimum atomic E-state index is -4.37. The van der Waals surface area contributed by atoms with E-state index in [1.54, 1.807) is 24.7 Å². The number of rotatable bonds is 4. The van der Waals surface area contributed by atoms with Crippen LogP contribution in [0.4, 0.5) is 13.2 Å². The Bertz CT molecular complexity index is 1230. The number of hydrogen-bond donors (Lipinski definition) is 0. The Kier molecular flexibility index (Phi) is 5.22. The Balaban J connectivity index is 1.34. The van der Waals surface area contributed by atoms with Gasteiger partial charge >= 0.3 is 6.18 Å². The molecule has 0 radical (unpaired) electrons. The van der Waals surface area contributed by atoms with Crippen LogP contribution in [0, 0.1) is 0 Å². The third-order valence-electron chi connectivity index (χ3n) is 5.60. The molecule has 32 heavy (non-hydrogen) atoms. The molecule has 3 aromatic heterocycles. The van der Waals surface area contributed by atoms with Crippen LogP contribution in [0.3, 0.4) is 0 Å². The van der Waals surface area contributed by atoms with Crippen molar-refractivity contribution in [2.45, 2.75) is 25.7 Å². The first kappa shape index (κ1) is 20.4. The van der Waals surface area contributed by atoms with Crippen molar-refractivity contribution in [1.82, 2.24) is 24.4 Å². The average molecular weight is 435 g/mol. The van der Waals surface area contributed by atoms with Crippen molar-refractivity contribution in [2.75, 3.05) is 6.54 Å². The van der Waals surface area contributed by atoms with E-state index in [9.17, 15) is 13.2 Å². The molecule has 0 saturated heterocycles. The Hall–Kier alpha value is -3.52. The highest BCUT2D eigenvalue weighted by molar-refractivity contribution is 5.53. The zero-order valence-corrected chi connectivity index (χ0v) is 17.1. The van der Waals surface area contributed by atoms with E-state index in [-0.39, 0.29) is 0 Å². The van der Waals surface area contributed by atoms with Crippen molar-refractivity contribution in [3.63, 3.8) is 0 Å². The molecule has 1 aliphatic heterocycles. The van der Waals surface area contributed by atoms with Gasteiger partial charge in [0.25, 0.3) is 0 Å². The smallest absolute Gasteiger partial charge is 0.320 e. The van der Waals surface area contributed by atoms with E-state index < -0.39 is 11.7 Å². The van der Waals surface area contributed by atoms with Crippen LogP contribution in [0.25, 0.3) is 17.1 Å². The van der Waals surface area contributed by atoms with Gasteiger partial charge in [-0.15, -0.1) is 0 Å². The van der Waals surface area contributed by atoms with Crippen LogP contribution in [0.5, 0.6) is 0 Å². The first-order valence-electron chi connectivity index (χ1n) is 10.3. The zero-order valence-electron chi connectivity index (χ0n) is 17.1. The summed E-state index contributed by atoms with van der Waals surface area (Å²) in [5, 5.41) is 0. The van der Waals surface area contributed by atoms with Crippen LogP contribution in [-0.2, 0) is 25.7 Å². The monoisotopic (exact) mass is 435 g/mol. The summed E-state index contributed by atoms with van der Waals surface area (Å²) in [4.78, 5) is 15.6. The predicted octanol–water partition coefficient (Wildman–Crippen LogP) is 4.91. The van der Waals surface area contributed by atoms with Gasteiger partial charge in [0.05, 0.1) is 11.3 Å². The second kappa shape index (κ2) is 8.20. The molecule has 4 aromatic rings. The Morgan fingerprint density at radius 1 is 1.00 bits per heavy atom. The SMILES string of the molecule is FC(F)(F)c1cccc(-n2cccc2CN2CCc3nc(-c4cccnc4)ncc3C2)c1. The minimum absolute atomic E-state index is 0.502. The van der Waals surface area contributed by atoms with Crippen LogP contribution < -0.4 is 0 Å². The maximum absolute atomic E-state index is 13.1. The number of halogens is 3. The lowest BCUT2D eigenvalue weighted by Crippen LogP contribution is -2.31. The number of fused-ring (bicyclic) bond motifs is 1. The van der Waals surface area contributed by atoms with Crippen LogP contribution in [0.2, 0.25) is 0 Å². The average Bonchev–Trinajstić information content (AvgIpc) is 3.27. The van der Waals surface area contributed by atoms with E-state index in [0.29, 0.717) is 24.6 Å². The molecule has 0 atom stereocenters. The van der Waals surface area contributed by atoms with Crippen molar-refractivity contribution < 1.29 is 13.2 Å². The van der Waals surface area contributed by atoms with Crippen molar-refractivity contribution in [3.05, 3.63) is 95.8 Å². The summed E-state index contributed by atoms with van der Waals surface area (Å²) in [6.07, 6.45) is 3.55. The predicted molar refractivity (Wildman–Crippen MR) is 114 cm³/mol. The normalized spacial score (nSPS) is 14.3. The van der Waals surface area contributed by atoms with Crippen molar-refractivity contribution in [2.24, 2.45) is 0 Å². The lowest BCUT2D eigenvalue weighted by molar-refractivity contribution is -0.137. The van der Waals surface area contributed by atoms with Gasteiger partial charge in [-0.1, -0.05) is 6.07 Å². The van der Waals surface area contributed by atoms with Crippen molar-refractivity contribution in [1.29, 1.82) is 0 Å². The molecule has 0 bridgehead atoms. The highest BCUT2D eigenvalue weighted by atomic mass is 19.4. The summed E-state index contributed by atoms with van der Waals surface area (Å²) in [6.45, 7) is 2.12. The van der Waals surface area contributed by atoms with E-state index >= 15 is 0 Å². The summed E-state index contributed by atoms with van der Waals surface area (Å²) in [7, 11) is 0. The third kappa shape index (κ3) is 4.13. The van der Waals surface area contributed by atoms with Gasteiger partial charge in [-0.25, -0.2) is 9.97 Å². The van der Waals surface area contributed by atoms with Gasteiger partial charge in [0.15, 0.2) is 5.82 Å².